The van der Waals surface area contributed by atoms with Gasteiger partial charge in [-0.05, 0) is 6.92 Å². The molecule has 1 amide bonds. The van der Waals surface area contributed by atoms with Crippen LogP contribution in [0.4, 0.5) is 0 Å². The summed E-state index contributed by atoms with van der Waals surface area (Å²) in [4.78, 5) is 13.4. The van der Waals surface area contributed by atoms with Gasteiger partial charge in [0.25, 0.3) is 0 Å². The van der Waals surface area contributed by atoms with Crippen molar-refractivity contribution in [3.63, 3.8) is 0 Å². The Hall–Kier alpha value is -0.300. The maximum Gasteiger partial charge on any atom is 0.229 e. The van der Waals surface area contributed by atoms with E-state index < -0.39 is 0 Å². The van der Waals surface area contributed by atoms with Gasteiger partial charge in [-0.2, -0.15) is 0 Å². The number of carbonyl (C=O) groups excluding carboxylic acids is 1. The number of carbonyl (C=O) groups is 1. The SMILES string of the molecule is CCNC(=O)CSCC(O)CN1CCNCC1. The van der Waals surface area contributed by atoms with Crippen molar-refractivity contribution < 1.29 is 9.90 Å². The van der Waals surface area contributed by atoms with Crippen LogP contribution in [-0.4, -0.2) is 72.8 Å². The van der Waals surface area contributed by atoms with Gasteiger partial charge in [-0.15, -0.1) is 11.8 Å². The zero-order valence-corrected chi connectivity index (χ0v) is 11.3. The molecule has 1 atom stereocenters. The molecule has 1 unspecified atom stereocenters. The summed E-state index contributed by atoms with van der Waals surface area (Å²) < 4.78 is 0. The number of hydrogen-bond acceptors (Lipinski definition) is 5. The van der Waals surface area contributed by atoms with E-state index in [1.165, 1.54) is 11.8 Å². The van der Waals surface area contributed by atoms with Crippen molar-refractivity contribution in [2.45, 2.75) is 13.0 Å². The molecule has 1 fully saturated rings. The number of rotatable bonds is 7. The van der Waals surface area contributed by atoms with Crippen molar-refractivity contribution in [1.29, 1.82) is 0 Å². The van der Waals surface area contributed by atoms with Crippen molar-refractivity contribution in [2.75, 3.05) is 50.8 Å². The highest BCUT2D eigenvalue weighted by Gasteiger charge is 2.14. The van der Waals surface area contributed by atoms with E-state index >= 15 is 0 Å². The number of β-amino-alcohol motifs (C(OH)–C–C–N with tert-alkyl or cyclic N) is 1. The van der Waals surface area contributed by atoms with Crippen LogP contribution in [-0.2, 0) is 4.79 Å². The van der Waals surface area contributed by atoms with E-state index in [-0.39, 0.29) is 12.0 Å². The minimum absolute atomic E-state index is 0.0480. The predicted molar refractivity (Wildman–Crippen MR) is 71.3 cm³/mol. The third kappa shape index (κ3) is 6.88. The van der Waals surface area contributed by atoms with Crippen molar-refractivity contribution in [2.24, 2.45) is 0 Å². The lowest BCUT2D eigenvalue weighted by Gasteiger charge is -2.28. The average molecular weight is 261 g/mol. The van der Waals surface area contributed by atoms with Crippen LogP contribution in [0.1, 0.15) is 6.92 Å². The number of piperazine rings is 1. The van der Waals surface area contributed by atoms with E-state index in [0.717, 1.165) is 26.2 Å². The van der Waals surface area contributed by atoms with Crippen LogP contribution in [0.5, 0.6) is 0 Å². The minimum Gasteiger partial charge on any atom is -0.391 e. The second-order valence-electron chi connectivity index (χ2n) is 4.17. The largest absolute Gasteiger partial charge is 0.391 e. The van der Waals surface area contributed by atoms with Crippen LogP contribution in [0, 0.1) is 0 Å². The lowest BCUT2D eigenvalue weighted by atomic mass is 10.3. The Balaban J connectivity index is 2.03. The van der Waals surface area contributed by atoms with Gasteiger partial charge < -0.3 is 15.7 Å². The van der Waals surface area contributed by atoms with Crippen molar-refractivity contribution >= 4 is 17.7 Å². The molecule has 1 aliphatic rings. The van der Waals surface area contributed by atoms with E-state index in [1.807, 2.05) is 6.92 Å². The zero-order chi connectivity index (χ0) is 12.5. The molecule has 0 saturated carbocycles. The van der Waals surface area contributed by atoms with Crippen LogP contribution in [0.25, 0.3) is 0 Å². The third-order valence-corrected chi connectivity index (χ3v) is 3.68. The highest BCUT2D eigenvalue weighted by Crippen LogP contribution is 2.05. The summed E-state index contributed by atoms with van der Waals surface area (Å²) in [5.41, 5.74) is 0. The second-order valence-corrected chi connectivity index (χ2v) is 5.20. The molecule has 1 heterocycles. The van der Waals surface area contributed by atoms with Gasteiger partial charge in [0.15, 0.2) is 0 Å². The summed E-state index contributed by atoms with van der Waals surface area (Å²) in [5.74, 6) is 1.11. The van der Waals surface area contributed by atoms with Gasteiger partial charge >= 0.3 is 0 Å². The molecule has 0 aliphatic carbocycles. The standard InChI is InChI=1S/C11H23N3O2S/c1-2-13-11(16)9-17-8-10(15)7-14-5-3-12-4-6-14/h10,12,15H,2-9H2,1H3,(H,13,16). The fraction of sp³-hybridized carbons (Fsp3) is 0.909. The van der Waals surface area contributed by atoms with E-state index in [0.29, 0.717) is 24.6 Å². The molecule has 5 nitrogen and oxygen atoms in total. The number of amides is 1. The fourth-order valence-corrected chi connectivity index (χ4v) is 2.56. The van der Waals surface area contributed by atoms with Crippen molar-refractivity contribution in [3.8, 4) is 0 Å². The van der Waals surface area contributed by atoms with Gasteiger partial charge in [-0.3, -0.25) is 9.69 Å². The average Bonchev–Trinajstić information content (AvgIpc) is 2.30. The maximum atomic E-state index is 11.2. The molecule has 17 heavy (non-hydrogen) atoms. The second kappa shape index (κ2) is 8.74. The van der Waals surface area contributed by atoms with Crippen molar-refractivity contribution in [1.82, 2.24) is 15.5 Å². The highest BCUT2D eigenvalue weighted by atomic mass is 32.2. The van der Waals surface area contributed by atoms with E-state index in [2.05, 4.69) is 15.5 Å². The molecule has 0 bridgehead atoms. The first-order valence-electron chi connectivity index (χ1n) is 6.18. The molecule has 6 heteroatoms. The molecule has 1 rings (SSSR count). The monoisotopic (exact) mass is 261 g/mol. The highest BCUT2D eigenvalue weighted by molar-refractivity contribution is 7.99. The third-order valence-electron chi connectivity index (χ3n) is 2.60. The molecule has 0 spiro atoms. The summed E-state index contributed by atoms with van der Waals surface area (Å²) in [5, 5.41) is 15.8. The van der Waals surface area contributed by atoms with Crippen LogP contribution < -0.4 is 10.6 Å². The van der Waals surface area contributed by atoms with Crippen LogP contribution >= 0.6 is 11.8 Å². The van der Waals surface area contributed by atoms with E-state index in [9.17, 15) is 9.90 Å². The number of aliphatic hydroxyl groups excluding tert-OH is 1. The molecule has 3 N–H and O–H groups in total. The molecular weight excluding hydrogens is 238 g/mol. The van der Waals surface area contributed by atoms with Crippen LogP contribution in [0.2, 0.25) is 0 Å². The summed E-state index contributed by atoms with van der Waals surface area (Å²) in [6.45, 7) is 7.28. The van der Waals surface area contributed by atoms with Gasteiger partial charge in [0.05, 0.1) is 11.9 Å². The Morgan fingerprint density at radius 3 is 2.88 bits per heavy atom. The van der Waals surface area contributed by atoms with Gasteiger partial charge in [-0.1, -0.05) is 0 Å². The first-order chi connectivity index (χ1) is 8.22. The smallest absolute Gasteiger partial charge is 0.229 e. The normalized spacial score (nSPS) is 18.9. The van der Waals surface area contributed by atoms with Crippen LogP contribution in [0.3, 0.4) is 0 Å². The molecule has 0 aromatic rings. The Labute approximate surface area is 107 Å². The summed E-state index contributed by atoms with van der Waals surface area (Å²) >= 11 is 1.49. The predicted octanol–water partition coefficient (Wildman–Crippen LogP) is -0.878. The number of hydrogen-bond donors (Lipinski definition) is 3. The Morgan fingerprint density at radius 1 is 1.53 bits per heavy atom. The van der Waals surface area contributed by atoms with Crippen LogP contribution in [0.15, 0.2) is 0 Å². The van der Waals surface area contributed by atoms with Crippen molar-refractivity contribution in [3.05, 3.63) is 0 Å². The number of nitrogens with one attached hydrogen (secondary N) is 2. The first-order valence-corrected chi connectivity index (χ1v) is 7.33. The summed E-state index contributed by atoms with van der Waals surface area (Å²) in [6, 6.07) is 0. The number of nitrogens with zero attached hydrogens (tertiary/aromatic N) is 1. The topological polar surface area (TPSA) is 64.6 Å². The maximum absolute atomic E-state index is 11.2. The lowest BCUT2D eigenvalue weighted by Crippen LogP contribution is -2.46. The molecule has 1 aliphatic heterocycles. The Morgan fingerprint density at radius 2 is 2.24 bits per heavy atom. The Kier molecular flexibility index (Phi) is 7.59. The quantitative estimate of drug-likeness (QED) is 0.555. The molecule has 1 saturated heterocycles. The number of aliphatic hydroxyl groups is 1. The minimum atomic E-state index is -0.340. The zero-order valence-electron chi connectivity index (χ0n) is 10.4. The Bertz CT molecular complexity index is 223. The molecule has 100 valence electrons. The fourth-order valence-electron chi connectivity index (χ4n) is 1.78. The van der Waals surface area contributed by atoms with Gasteiger partial charge in [0.2, 0.25) is 5.91 Å². The van der Waals surface area contributed by atoms with E-state index in [1.54, 1.807) is 0 Å². The van der Waals surface area contributed by atoms with Gasteiger partial charge in [0, 0.05) is 45.0 Å². The van der Waals surface area contributed by atoms with E-state index in [4.69, 9.17) is 0 Å². The lowest BCUT2D eigenvalue weighted by molar-refractivity contribution is -0.118. The molecule has 0 aromatic carbocycles. The molecule has 0 aromatic heterocycles. The number of thioether (sulfide) groups is 1. The van der Waals surface area contributed by atoms with Gasteiger partial charge in [0.1, 0.15) is 0 Å². The molecule has 0 radical (unpaired) electrons. The summed E-state index contributed by atoms with van der Waals surface area (Å²) in [7, 11) is 0. The van der Waals surface area contributed by atoms with Gasteiger partial charge in [-0.25, -0.2) is 0 Å². The molecular formula is C11H23N3O2S. The summed E-state index contributed by atoms with van der Waals surface area (Å²) in [6.07, 6.45) is -0.340. The first kappa shape index (κ1) is 14.8.